The molecule has 14 heteroatoms. The molecular weight excluding hydrogens is 823 g/mol. The van der Waals surface area contributed by atoms with E-state index in [1.165, 1.54) is 0 Å². The van der Waals surface area contributed by atoms with Gasteiger partial charge in [-0.2, -0.15) is 0 Å². The van der Waals surface area contributed by atoms with E-state index >= 15 is 0 Å². The molecule has 3 unspecified atom stereocenters. The number of H-pyrrole nitrogens is 1. The summed E-state index contributed by atoms with van der Waals surface area (Å²) in [7, 11) is 0. The van der Waals surface area contributed by atoms with E-state index in [0.29, 0.717) is 39.7 Å². The lowest BCUT2D eigenvalue weighted by Gasteiger charge is -2.29. The van der Waals surface area contributed by atoms with Crippen LogP contribution in [-0.4, -0.2) is 56.2 Å². The van der Waals surface area contributed by atoms with Crippen LogP contribution in [0, 0.1) is 5.92 Å². The van der Waals surface area contributed by atoms with E-state index in [2.05, 4.69) is 44.5 Å². The van der Waals surface area contributed by atoms with Gasteiger partial charge in [-0.25, -0.2) is 9.97 Å². The fourth-order valence-corrected chi connectivity index (χ4v) is 10.1. The summed E-state index contributed by atoms with van der Waals surface area (Å²) in [6, 6.07) is 32.2. The van der Waals surface area contributed by atoms with Gasteiger partial charge in [0.15, 0.2) is 29.5 Å². The minimum absolute atomic E-state index is 0.0381. The first-order valence-corrected chi connectivity index (χ1v) is 21.7. The molecule has 322 valence electrons. The zero-order valence-corrected chi connectivity index (χ0v) is 35.1. The normalized spacial score (nSPS) is 20.6. The maximum Gasteiger partial charge on any atom is 0.252 e. The number of rotatable bonds is 7. The van der Waals surface area contributed by atoms with Crippen molar-refractivity contribution in [1.82, 2.24) is 30.9 Å². The maximum atomic E-state index is 14.7. The first-order valence-electron chi connectivity index (χ1n) is 21.7. The largest absolute Gasteiger partial charge is 0.469 e. The molecular formula is C51H41N7O7. The molecule has 10 bridgehead atoms. The van der Waals surface area contributed by atoms with Gasteiger partial charge in [-0.15, -0.1) is 0 Å². The van der Waals surface area contributed by atoms with Gasteiger partial charge in [-0.05, 0) is 46.9 Å². The summed E-state index contributed by atoms with van der Waals surface area (Å²) < 4.78 is 20.6. The summed E-state index contributed by atoms with van der Waals surface area (Å²) in [4.78, 5) is 55.9. The van der Waals surface area contributed by atoms with Gasteiger partial charge < -0.3 is 44.9 Å². The number of aromatic nitrogens is 3. The van der Waals surface area contributed by atoms with Crippen LogP contribution < -0.4 is 26.0 Å². The third kappa shape index (κ3) is 5.86. The number of amides is 3. The Labute approximate surface area is 371 Å². The molecule has 14 nitrogen and oxygen atoms in total. The summed E-state index contributed by atoms with van der Waals surface area (Å²) >= 11 is 0. The molecule has 3 aromatic heterocycles. The molecule has 12 rings (SSSR count). The first-order chi connectivity index (χ1) is 31.7. The topological polar surface area (TPSA) is 197 Å². The number of nitrogens with one attached hydrogen (secondary N) is 5. The monoisotopic (exact) mass is 863 g/mol. The molecule has 7 heterocycles. The van der Waals surface area contributed by atoms with Crippen molar-refractivity contribution in [1.29, 1.82) is 0 Å². The molecule has 4 aliphatic heterocycles. The Morgan fingerprint density at radius 1 is 0.862 bits per heavy atom. The first kappa shape index (κ1) is 38.7. The summed E-state index contributed by atoms with van der Waals surface area (Å²) in [6.45, 7) is 3.88. The average molecular weight is 864 g/mol. The zero-order valence-electron chi connectivity index (χ0n) is 35.1. The molecule has 6 N–H and O–H groups in total. The number of oxazole rings is 2. The number of hydrogen-bond donors (Lipinski definition) is 6. The standard InChI is InChI=1S/C51H41N7O7/c1-25(2)39-49-57-42-44(65-49)51-32-17-9-16-30(29-15-10-18-34-38(29)31(23-52-34)37-24-53-48(42)63-37)41(32)58-50(51)64-36-20-19-26(21-33(36)51)22-35(46(61)55-39)54-47(62)43(59)40(27-11-5-3-6-12-27)56-45(60)28-13-7-4-8-14-28/h3-21,23-25,35,39-40,43,50,52,58-59H,22H2,1-2H3,(H,54,62)(H,55,61)(H,56,60)/t35-,39-,40?,43+,50?,51?/m0/s1. The van der Waals surface area contributed by atoms with Crippen LogP contribution in [0.3, 0.4) is 0 Å². The van der Waals surface area contributed by atoms with Gasteiger partial charge in [0.05, 0.1) is 12.2 Å². The average Bonchev–Trinajstić information content (AvgIpc) is 4.17. The fraction of sp³-hybridized carbons (Fsp3) is 0.196. The van der Waals surface area contributed by atoms with Crippen LogP contribution in [0.5, 0.6) is 5.75 Å². The van der Waals surface area contributed by atoms with Crippen LogP contribution in [0.1, 0.15) is 70.2 Å². The summed E-state index contributed by atoms with van der Waals surface area (Å²) in [5.74, 6) is -0.101. The number of benzene rings is 5. The van der Waals surface area contributed by atoms with Crippen molar-refractivity contribution in [3.05, 3.63) is 167 Å². The molecule has 6 atom stereocenters. The van der Waals surface area contributed by atoms with Crippen molar-refractivity contribution >= 4 is 34.3 Å². The van der Waals surface area contributed by atoms with Gasteiger partial charge in [0.2, 0.25) is 17.7 Å². The Bertz CT molecular complexity index is 3230. The number of hydrogen-bond acceptors (Lipinski definition) is 10. The number of anilines is 1. The summed E-state index contributed by atoms with van der Waals surface area (Å²) in [6.07, 6.45) is 1.16. The van der Waals surface area contributed by atoms with E-state index in [1.807, 2.05) is 56.4 Å². The predicted octanol–water partition coefficient (Wildman–Crippen LogP) is 7.32. The minimum atomic E-state index is -1.79. The SMILES string of the molecule is CC(C)[C@@H]1NC(=O)[C@@H](NC(=O)[C@H](O)C(NC(=O)c2ccccc2)c2ccccc2)Cc2ccc3c(c2)C24c5cccc(c5NC2O3)-c2cccc3[nH]cc(c23)-c2cnc(o2)-c2nc1oc24. The van der Waals surface area contributed by atoms with Crippen molar-refractivity contribution < 1.29 is 33.1 Å². The highest BCUT2D eigenvalue weighted by molar-refractivity contribution is 6.07. The van der Waals surface area contributed by atoms with Crippen LogP contribution in [0.4, 0.5) is 5.69 Å². The molecule has 0 aliphatic carbocycles. The van der Waals surface area contributed by atoms with E-state index in [-0.39, 0.29) is 24.1 Å². The van der Waals surface area contributed by atoms with E-state index in [4.69, 9.17) is 23.5 Å². The third-order valence-corrected chi connectivity index (χ3v) is 13.2. The number of carbonyl (C=O) groups excluding carboxylic acids is 3. The van der Waals surface area contributed by atoms with Crippen molar-refractivity contribution in [2.75, 3.05) is 5.32 Å². The molecule has 0 fully saturated rings. The Morgan fingerprint density at radius 3 is 2.46 bits per heavy atom. The van der Waals surface area contributed by atoms with Crippen molar-refractivity contribution in [2.45, 2.75) is 56.1 Å². The van der Waals surface area contributed by atoms with Crippen LogP contribution in [0.15, 0.2) is 136 Å². The number of aromatic amines is 1. The van der Waals surface area contributed by atoms with E-state index < -0.39 is 53.6 Å². The van der Waals surface area contributed by atoms with Crippen LogP contribution in [0.2, 0.25) is 0 Å². The van der Waals surface area contributed by atoms with Gasteiger partial charge in [0.25, 0.3) is 11.8 Å². The second-order valence-corrected chi connectivity index (χ2v) is 17.4. The fourth-order valence-electron chi connectivity index (χ4n) is 10.1. The molecule has 65 heavy (non-hydrogen) atoms. The van der Waals surface area contributed by atoms with E-state index in [0.717, 1.165) is 44.4 Å². The number of ether oxygens (including phenoxy) is 1. The lowest BCUT2D eigenvalue weighted by atomic mass is 9.72. The Kier molecular flexibility index (Phi) is 8.65. The third-order valence-electron chi connectivity index (χ3n) is 13.2. The van der Waals surface area contributed by atoms with Crippen LogP contribution >= 0.6 is 0 Å². The van der Waals surface area contributed by atoms with Gasteiger partial charge >= 0.3 is 0 Å². The number of nitrogens with zero attached hydrogens (tertiary/aromatic N) is 2. The molecule has 3 amide bonds. The molecule has 4 aliphatic rings. The van der Waals surface area contributed by atoms with Crippen molar-refractivity contribution in [3.63, 3.8) is 0 Å². The van der Waals surface area contributed by atoms with Crippen molar-refractivity contribution in [3.8, 4) is 39.8 Å². The highest BCUT2D eigenvalue weighted by atomic mass is 16.5. The molecule has 0 radical (unpaired) electrons. The van der Waals surface area contributed by atoms with Gasteiger partial charge in [0.1, 0.15) is 23.2 Å². The molecule has 0 saturated heterocycles. The highest BCUT2D eigenvalue weighted by Crippen LogP contribution is 2.61. The highest BCUT2D eigenvalue weighted by Gasteiger charge is 2.61. The number of carbonyl (C=O) groups is 3. The molecule has 1 spiro atoms. The van der Waals surface area contributed by atoms with E-state index in [1.54, 1.807) is 66.9 Å². The molecule has 5 aromatic carbocycles. The van der Waals surface area contributed by atoms with Crippen molar-refractivity contribution in [2.24, 2.45) is 5.92 Å². The number of para-hydroxylation sites is 1. The van der Waals surface area contributed by atoms with E-state index in [9.17, 15) is 19.5 Å². The Balaban J connectivity index is 1.00. The summed E-state index contributed by atoms with van der Waals surface area (Å²) in [5.41, 5.74) is 7.01. The lowest BCUT2D eigenvalue weighted by molar-refractivity contribution is -0.135. The lowest BCUT2D eigenvalue weighted by Crippen LogP contribution is -2.54. The summed E-state index contributed by atoms with van der Waals surface area (Å²) in [5, 5.41) is 25.4. The smallest absolute Gasteiger partial charge is 0.252 e. The van der Waals surface area contributed by atoms with Gasteiger partial charge in [-0.1, -0.05) is 105 Å². The molecule has 8 aromatic rings. The van der Waals surface area contributed by atoms with Gasteiger partial charge in [0, 0.05) is 57.0 Å². The number of fused-ring (bicyclic) bond motifs is 7. The number of aliphatic hydroxyl groups excluding tert-OH is 1. The maximum absolute atomic E-state index is 14.7. The van der Waals surface area contributed by atoms with Crippen LogP contribution in [0.25, 0.3) is 44.9 Å². The predicted molar refractivity (Wildman–Crippen MR) is 240 cm³/mol. The Hall–Kier alpha value is -7.97. The van der Waals surface area contributed by atoms with Gasteiger partial charge in [-0.3, -0.25) is 14.4 Å². The minimum Gasteiger partial charge on any atom is -0.469 e. The number of aliphatic hydroxyl groups is 1. The van der Waals surface area contributed by atoms with Crippen LogP contribution in [-0.2, 0) is 21.4 Å². The Morgan fingerprint density at radius 2 is 1.65 bits per heavy atom. The second-order valence-electron chi connectivity index (χ2n) is 17.4. The quantitative estimate of drug-likeness (QED) is 0.0945. The zero-order chi connectivity index (χ0) is 44.1. The second kappa shape index (κ2) is 14.5. The molecule has 0 saturated carbocycles.